The Kier molecular flexibility index (Phi) is 26.1. The van der Waals surface area contributed by atoms with Crippen LogP contribution in [0.2, 0.25) is 20.1 Å². The molecule has 0 saturated heterocycles. The molecule has 68 heavy (non-hydrogen) atoms. The van der Waals surface area contributed by atoms with E-state index in [1.165, 1.54) is 9.13 Å². The molecule has 0 aliphatic rings. The molecule has 0 saturated carbocycles. The van der Waals surface area contributed by atoms with Crippen molar-refractivity contribution >= 4 is 127 Å². The Morgan fingerprint density at radius 1 is 0.603 bits per heavy atom. The third-order valence-electron chi connectivity index (χ3n) is 9.20. The Labute approximate surface area is 504 Å². The first-order valence-corrected chi connectivity index (χ1v) is 26.0. The fraction of sp³-hybridized carbons (Fsp3) is 0.143. The van der Waals surface area contributed by atoms with E-state index in [0.29, 0.717) is 86.9 Å². The second kappa shape index (κ2) is 27.5. The van der Waals surface area contributed by atoms with Crippen molar-refractivity contribution in [2.75, 3.05) is 37.7 Å². The van der Waals surface area contributed by atoms with Gasteiger partial charge in [-0.05, 0) is 103 Å². The standard InChI is InChI=1S/C21H18Cl2N5O2P.C14H10Cl2N4O.C7H9BrNOP.2Ac.2H2O.Pd/c1-28-19-12(9-14(20(28)29)18-15(22)5-4-6-16(18)23)10-25-21(27-19)26-13-7-8-17(24-11-13)31(2,3)30;1-20-12-7(6-18-14(17)19-12)5-8(13(20)21)11-9(15)3-2-4-10(11)16;1-11(2,10)7-4-3-6(8)5-9-7;;;;;/h4-11H,1-3H3,(H,25,26,27);2-6H,1H3,(H2,17,18,19);3-5H,1-2H3;;;2*1H2;. The number of hydrogen-bond acceptors (Lipinski definition) is 12. The minimum absolute atomic E-state index is 0. The molecule has 8 aromatic rings. The van der Waals surface area contributed by atoms with Crippen LogP contribution in [-0.4, -0.2) is 76.6 Å². The zero-order valence-corrected chi connectivity index (χ0v) is 54.2. The zero-order valence-electron chi connectivity index (χ0n) is 36.8. The number of rotatable bonds is 6. The number of pyridine rings is 4. The molecule has 16 nitrogen and oxygen atoms in total. The first-order valence-electron chi connectivity index (χ1n) is 18.5. The van der Waals surface area contributed by atoms with E-state index in [1.807, 2.05) is 6.07 Å². The summed E-state index contributed by atoms with van der Waals surface area (Å²) in [6.07, 6.45) is 6.41. The van der Waals surface area contributed by atoms with Crippen LogP contribution in [0.15, 0.2) is 112 Å². The van der Waals surface area contributed by atoms with Crippen LogP contribution in [0.25, 0.3) is 44.3 Å². The van der Waals surface area contributed by atoms with Gasteiger partial charge in [-0.3, -0.25) is 28.7 Å². The monoisotopic (exact) mass is 1620 g/mol. The summed E-state index contributed by atoms with van der Waals surface area (Å²) in [7, 11) is -1.35. The summed E-state index contributed by atoms with van der Waals surface area (Å²) in [5, 5.41) is 6.00. The fourth-order valence-corrected chi connectivity index (χ4v) is 9.00. The van der Waals surface area contributed by atoms with Crippen molar-refractivity contribution in [2.24, 2.45) is 14.1 Å². The Morgan fingerprint density at radius 2 is 1.01 bits per heavy atom. The molecule has 26 heteroatoms. The number of aryl methyl sites for hydroxylation is 2. The molecule has 6 heterocycles. The van der Waals surface area contributed by atoms with Crippen LogP contribution >= 0.6 is 76.6 Å². The van der Waals surface area contributed by atoms with Crippen LogP contribution in [0, 0.1) is 88.1 Å². The van der Waals surface area contributed by atoms with E-state index in [1.54, 1.807) is 132 Å². The number of nitrogen functional groups attached to an aromatic ring is 1. The number of fused-ring (bicyclic) bond motifs is 2. The van der Waals surface area contributed by atoms with Gasteiger partial charge in [0, 0.05) is 168 Å². The van der Waals surface area contributed by atoms with E-state index in [9.17, 15) is 18.7 Å². The number of halogens is 5. The number of hydrogen-bond donors (Lipinski definition) is 2. The molecule has 0 fully saturated rings. The summed E-state index contributed by atoms with van der Waals surface area (Å²) in [5.41, 5.74) is 9.55. The van der Waals surface area contributed by atoms with Crippen LogP contribution in [-0.2, 0) is 43.6 Å². The van der Waals surface area contributed by atoms with Crippen LogP contribution in [0.4, 0.5) is 17.6 Å². The predicted octanol–water partition coefficient (Wildman–Crippen LogP) is 8.01. The molecule has 6 aromatic heterocycles. The number of nitrogens with zero attached hydrogens (tertiary/aromatic N) is 8. The van der Waals surface area contributed by atoms with Crippen molar-refractivity contribution in [1.29, 1.82) is 0 Å². The third kappa shape index (κ3) is 15.7. The van der Waals surface area contributed by atoms with Crippen molar-refractivity contribution < 1.29 is 129 Å². The van der Waals surface area contributed by atoms with Gasteiger partial charge in [-0.15, -0.1) is 0 Å². The van der Waals surface area contributed by atoms with Gasteiger partial charge in [0.1, 0.15) is 25.6 Å². The number of benzene rings is 2. The molecule has 0 aliphatic carbocycles. The van der Waals surface area contributed by atoms with Gasteiger partial charge in [0.15, 0.2) is 0 Å². The normalized spacial score (nSPS) is 10.6. The van der Waals surface area contributed by atoms with Crippen LogP contribution < -0.4 is 33.0 Å². The molecule has 2 aromatic carbocycles. The van der Waals surface area contributed by atoms with E-state index < -0.39 is 14.3 Å². The number of nitrogens with one attached hydrogen (secondary N) is 1. The molecule has 0 unspecified atom stereocenters. The summed E-state index contributed by atoms with van der Waals surface area (Å²) in [4.78, 5) is 50.7. The first-order chi connectivity index (χ1) is 29.6. The quantitative estimate of drug-likeness (QED) is 0.119. The molecule has 0 aliphatic heterocycles. The number of anilines is 3. The Balaban J connectivity index is 0.000000544. The molecule has 356 valence electrons. The zero-order chi connectivity index (χ0) is 46.0. The summed E-state index contributed by atoms with van der Waals surface area (Å²) in [6, 6.07) is 20.7. The molecule has 0 atom stereocenters. The predicted molar refractivity (Wildman–Crippen MR) is 270 cm³/mol. The van der Waals surface area contributed by atoms with Gasteiger partial charge < -0.3 is 31.1 Å². The van der Waals surface area contributed by atoms with Gasteiger partial charge >= 0.3 is 0 Å². The van der Waals surface area contributed by atoms with Gasteiger partial charge in [-0.1, -0.05) is 58.5 Å². The second-order valence-corrected chi connectivity index (χ2v) is 23.4. The van der Waals surface area contributed by atoms with Crippen molar-refractivity contribution in [3.05, 3.63) is 143 Å². The minimum Gasteiger partial charge on any atom is -0.412 e. The van der Waals surface area contributed by atoms with Gasteiger partial charge in [0.25, 0.3) is 11.1 Å². The topological polar surface area (TPSA) is 257 Å². The van der Waals surface area contributed by atoms with Crippen LogP contribution in [0.1, 0.15) is 0 Å². The van der Waals surface area contributed by atoms with E-state index in [0.717, 1.165) is 4.47 Å². The van der Waals surface area contributed by atoms with Crippen LogP contribution in [0.5, 0.6) is 0 Å². The SMILES string of the molecule is CP(C)(=O)c1ccc(Br)cn1.Cn1c(=O)c(-c2c(Cl)cccc2Cl)cc2cnc(N)nc21.Cn1c(=O)c(-c2c(Cl)cccc2Cl)cc2cnc(Nc3ccc(P(C)(C)=O)nc3)nc21.O.O.[Ac].[Ac].[Pd]. The molecule has 2 radical (unpaired) electrons. The van der Waals surface area contributed by atoms with Crippen molar-refractivity contribution in [3.8, 4) is 22.3 Å². The number of aromatic nitrogens is 8. The Hall–Kier alpha value is -1.51. The summed E-state index contributed by atoms with van der Waals surface area (Å²) >= 11 is 28.2. The molecular formula is C42H41Ac2BrCl4N10O6P2Pd. The molecule has 8 rings (SSSR count). The van der Waals surface area contributed by atoms with E-state index >= 15 is 0 Å². The van der Waals surface area contributed by atoms with Crippen LogP contribution in [0.3, 0.4) is 0 Å². The summed E-state index contributed by atoms with van der Waals surface area (Å²) < 4.78 is 27.3. The molecule has 0 spiro atoms. The average molecular weight is 1630 g/mol. The second-order valence-electron chi connectivity index (χ2n) is 14.6. The third-order valence-corrected chi connectivity index (χ3v) is 13.7. The first kappa shape index (κ1) is 64.5. The maximum absolute atomic E-state index is 13.0. The molecule has 0 bridgehead atoms. The molecule has 7 N–H and O–H groups in total. The minimum atomic E-state index is -2.43. The average Bonchev–Trinajstić information content (AvgIpc) is 3.22. The molecular weight excluding hydrogens is 1580 g/mol. The maximum atomic E-state index is 13.0. The van der Waals surface area contributed by atoms with Gasteiger partial charge in [0.05, 0.1) is 54.0 Å². The largest absolute Gasteiger partial charge is 0.412 e. The van der Waals surface area contributed by atoms with Gasteiger partial charge in [-0.2, -0.15) is 9.97 Å². The number of nitrogens with two attached hydrogens (primary N) is 1. The van der Waals surface area contributed by atoms with Gasteiger partial charge in [0.2, 0.25) is 11.9 Å². The van der Waals surface area contributed by atoms with E-state index in [2.05, 4.69) is 51.2 Å². The van der Waals surface area contributed by atoms with Gasteiger partial charge in [-0.25, -0.2) is 9.97 Å². The molecule has 0 amide bonds. The smallest absolute Gasteiger partial charge is 0.259 e. The fourth-order valence-electron chi connectivity index (χ4n) is 6.03. The van der Waals surface area contributed by atoms with Crippen molar-refractivity contribution in [1.82, 2.24) is 39.0 Å². The van der Waals surface area contributed by atoms with E-state index in [4.69, 9.17) is 52.1 Å². The van der Waals surface area contributed by atoms with Crippen molar-refractivity contribution in [2.45, 2.75) is 0 Å². The maximum Gasteiger partial charge on any atom is 0.259 e. The Bertz CT molecular complexity index is 3240. The summed E-state index contributed by atoms with van der Waals surface area (Å²) in [6.45, 7) is 6.76. The van der Waals surface area contributed by atoms with E-state index in [-0.39, 0.29) is 137 Å². The van der Waals surface area contributed by atoms with Crippen molar-refractivity contribution in [3.63, 3.8) is 0 Å². The Morgan fingerprint density at radius 3 is 1.41 bits per heavy atom. The summed E-state index contributed by atoms with van der Waals surface area (Å²) in [5.74, 6) is 0.415.